The zero-order valence-electron chi connectivity index (χ0n) is 22.5. The third-order valence-corrected chi connectivity index (χ3v) is 5.40. The molecule has 0 radical (unpaired) electrons. The van der Waals surface area contributed by atoms with Crippen LogP contribution in [0.15, 0.2) is 24.3 Å². The van der Waals surface area contributed by atoms with Crippen molar-refractivity contribution in [3.63, 3.8) is 0 Å². The number of nitrogens with one attached hydrogen (secondary N) is 2. The molecular formula is C27H45N3O5. The maximum Gasteiger partial charge on any atom is 0.408 e. The predicted octanol–water partition coefficient (Wildman–Crippen LogP) is 4.11. The number of amides is 3. The molecule has 198 valence electrons. The average molecular weight is 492 g/mol. The van der Waals surface area contributed by atoms with Gasteiger partial charge in [0.15, 0.2) is 0 Å². The molecule has 0 saturated heterocycles. The summed E-state index contributed by atoms with van der Waals surface area (Å²) in [6.07, 6.45) is 3.69. The molecule has 0 aliphatic heterocycles. The first-order valence-electron chi connectivity index (χ1n) is 12.7. The van der Waals surface area contributed by atoms with Crippen LogP contribution in [0.1, 0.15) is 91.3 Å². The Hall–Kier alpha value is -2.61. The van der Waals surface area contributed by atoms with Crippen molar-refractivity contribution in [3.05, 3.63) is 35.4 Å². The number of carbonyl (C=O) groups excluding carboxylic acids is 3. The van der Waals surface area contributed by atoms with Crippen LogP contribution in [0.5, 0.6) is 0 Å². The predicted molar refractivity (Wildman–Crippen MR) is 138 cm³/mol. The number of ether oxygens (including phenoxy) is 1. The molecule has 3 amide bonds. The SMILES string of the molecule is CCCCCCN(C(=O)C(CO)NC(=O)OC(C)(C)C)C(C(=O)NC(C)C)c1ccc(CC)cc1. The second kappa shape index (κ2) is 14.7. The molecule has 1 aromatic carbocycles. The van der Waals surface area contributed by atoms with Crippen molar-refractivity contribution < 1.29 is 24.2 Å². The van der Waals surface area contributed by atoms with Gasteiger partial charge in [0.2, 0.25) is 11.8 Å². The van der Waals surface area contributed by atoms with E-state index in [2.05, 4.69) is 24.5 Å². The van der Waals surface area contributed by atoms with E-state index in [0.717, 1.165) is 31.2 Å². The largest absolute Gasteiger partial charge is 0.444 e. The van der Waals surface area contributed by atoms with Crippen LogP contribution in [0.25, 0.3) is 0 Å². The van der Waals surface area contributed by atoms with Crippen molar-refractivity contribution >= 4 is 17.9 Å². The van der Waals surface area contributed by atoms with Crippen LogP contribution in [0.4, 0.5) is 4.79 Å². The molecule has 0 spiro atoms. The molecule has 0 bridgehead atoms. The van der Waals surface area contributed by atoms with E-state index < -0.39 is 36.3 Å². The normalized spacial score (nSPS) is 13.2. The van der Waals surface area contributed by atoms with Gasteiger partial charge >= 0.3 is 6.09 Å². The van der Waals surface area contributed by atoms with E-state index in [1.165, 1.54) is 4.90 Å². The molecular weight excluding hydrogens is 446 g/mol. The number of aryl methyl sites for hydroxylation is 1. The number of nitrogens with zero attached hydrogens (tertiary/aromatic N) is 1. The van der Waals surface area contributed by atoms with Crippen LogP contribution in [-0.4, -0.2) is 58.8 Å². The first-order chi connectivity index (χ1) is 16.4. The highest BCUT2D eigenvalue weighted by atomic mass is 16.6. The second-order valence-electron chi connectivity index (χ2n) is 10.1. The zero-order valence-corrected chi connectivity index (χ0v) is 22.5. The van der Waals surface area contributed by atoms with Crippen LogP contribution in [0, 0.1) is 0 Å². The van der Waals surface area contributed by atoms with E-state index >= 15 is 0 Å². The fraction of sp³-hybridized carbons (Fsp3) is 0.667. The topological polar surface area (TPSA) is 108 Å². The Labute approximate surface area is 210 Å². The Morgan fingerprint density at radius 2 is 1.63 bits per heavy atom. The highest BCUT2D eigenvalue weighted by molar-refractivity contribution is 5.92. The lowest BCUT2D eigenvalue weighted by Gasteiger charge is -2.34. The average Bonchev–Trinajstić information content (AvgIpc) is 2.77. The number of hydrogen-bond acceptors (Lipinski definition) is 5. The van der Waals surface area contributed by atoms with Gasteiger partial charge in [0.25, 0.3) is 0 Å². The fourth-order valence-corrected chi connectivity index (χ4v) is 3.68. The summed E-state index contributed by atoms with van der Waals surface area (Å²) in [7, 11) is 0. The number of alkyl carbamates (subject to hydrolysis) is 1. The van der Waals surface area contributed by atoms with Crippen LogP contribution >= 0.6 is 0 Å². The van der Waals surface area contributed by atoms with Gasteiger partial charge in [-0.05, 0) is 58.6 Å². The highest BCUT2D eigenvalue weighted by Gasteiger charge is 2.36. The fourth-order valence-electron chi connectivity index (χ4n) is 3.68. The molecule has 1 aromatic rings. The van der Waals surface area contributed by atoms with E-state index in [4.69, 9.17) is 4.74 Å². The van der Waals surface area contributed by atoms with E-state index in [-0.39, 0.29) is 11.9 Å². The van der Waals surface area contributed by atoms with Crippen molar-refractivity contribution in [3.8, 4) is 0 Å². The third kappa shape index (κ3) is 10.7. The summed E-state index contributed by atoms with van der Waals surface area (Å²) in [4.78, 5) is 40.9. The van der Waals surface area contributed by atoms with Gasteiger partial charge in [0.1, 0.15) is 17.7 Å². The van der Waals surface area contributed by atoms with Crippen LogP contribution < -0.4 is 10.6 Å². The third-order valence-electron chi connectivity index (χ3n) is 5.40. The Balaban J connectivity index is 3.36. The summed E-state index contributed by atoms with van der Waals surface area (Å²) in [5, 5.41) is 15.4. The van der Waals surface area contributed by atoms with Crippen molar-refractivity contribution in [1.82, 2.24) is 15.5 Å². The summed E-state index contributed by atoms with van der Waals surface area (Å²) in [6, 6.07) is 5.38. The monoisotopic (exact) mass is 491 g/mol. The standard InChI is InChI=1S/C27H45N3O5/c1-8-10-11-12-17-30(25(33)22(18-31)29-26(34)35-27(5,6)7)23(24(32)28-19(3)4)21-15-13-20(9-2)14-16-21/h13-16,19,22-23,31H,8-12,17-18H2,1-7H3,(H,28,32)(H,29,34). The highest BCUT2D eigenvalue weighted by Crippen LogP contribution is 2.24. The molecule has 0 fully saturated rings. The molecule has 2 unspecified atom stereocenters. The number of aliphatic hydroxyl groups is 1. The van der Waals surface area contributed by atoms with E-state index in [0.29, 0.717) is 18.5 Å². The Morgan fingerprint density at radius 1 is 1.00 bits per heavy atom. The summed E-state index contributed by atoms with van der Waals surface area (Å²) in [6.45, 7) is 12.7. The summed E-state index contributed by atoms with van der Waals surface area (Å²) < 4.78 is 5.27. The van der Waals surface area contributed by atoms with Gasteiger partial charge in [-0.15, -0.1) is 0 Å². The van der Waals surface area contributed by atoms with Crippen LogP contribution in [-0.2, 0) is 20.7 Å². The van der Waals surface area contributed by atoms with Gasteiger partial charge in [-0.1, -0.05) is 57.4 Å². The molecule has 0 saturated carbocycles. The summed E-state index contributed by atoms with van der Waals surface area (Å²) in [5.74, 6) is -0.833. The molecule has 0 aromatic heterocycles. The van der Waals surface area contributed by atoms with Crippen molar-refractivity contribution in [2.45, 2.75) is 104 Å². The number of rotatable bonds is 13. The second-order valence-corrected chi connectivity index (χ2v) is 10.1. The van der Waals surface area contributed by atoms with Gasteiger partial charge in [0, 0.05) is 12.6 Å². The van der Waals surface area contributed by atoms with Crippen molar-refractivity contribution in [2.75, 3.05) is 13.2 Å². The lowest BCUT2D eigenvalue weighted by atomic mass is 9.99. The Kier molecular flexibility index (Phi) is 12.8. The maximum atomic E-state index is 13.7. The molecule has 0 heterocycles. The smallest absolute Gasteiger partial charge is 0.408 e. The van der Waals surface area contributed by atoms with E-state index in [1.807, 2.05) is 38.1 Å². The molecule has 2 atom stereocenters. The molecule has 1 rings (SSSR count). The zero-order chi connectivity index (χ0) is 26.6. The number of aliphatic hydroxyl groups excluding tert-OH is 1. The first kappa shape index (κ1) is 30.4. The lowest BCUT2D eigenvalue weighted by molar-refractivity contribution is -0.143. The van der Waals surface area contributed by atoms with Gasteiger partial charge < -0.3 is 25.4 Å². The number of benzene rings is 1. The Bertz CT molecular complexity index is 802. The van der Waals surface area contributed by atoms with Crippen LogP contribution in [0.3, 0.4) is 0 Å². The molecule has 8 heteroatoms. The summed E-state index contributed by atoms with van der Waals surface area (Å²) in [5.41, 5.74) is 1.05. The van der Waals surface area contributed by atoms with Gasteiger partial charge in [0.05, 0.1) is 6.61 Å². The molecule has 35 heavy (non-hydrogen) atoms. The maximum absolute atomic E-state index is 13.7. The van der Waals surface area contributed by atoms with Gasteiger partial charge in [-0.2, -0.15) is 0 Å². The van der Waals surface area contributed by atoms with E-state index in [9.17, 15) is 19.5 Å². The minimum Gasteiger partial charge on any atom is -0.444 e. The first-order valence-corrected chi connectivity index (χ1v) is 12.7. The number of hydrogen-bond donors (Lipinski definition) is 3. The molecule has 0 aliphatic carbocycles. The molecule has 8 nitrogen and oxygen atoms in total. The molecule has 3 N–H and O–H groups in total. The van der Waals surface area contributed by atoms with E-state index in [1.54, 1.807) is 20.8 Å². The summed E-state index contributed by atoms with van der Waals surface area (Å²) >= 11 is 0. The van der Waals surface area contributed by atoms with Gasteiger partial charge in [-0.25, -0.2) is 4.79 Å². The minimum atomic E-state index is -1.24. The van der Waals surface area contributed by atoms with Gasteiger partial charge in [-0.3, -0.25) is 9.59 Å². The van der Waals surface area contributed by atoms with Crippen molar-refractivity contribution in [2.24, 2.45) is 0 Å². The minimum absolute atomic E-state index is 0.120. The quantitative estimate of drug-likeness (QED) is 0.360. The molecule has 0 aliphatic rings. The Morgan fingerprint density at radius 3 is 2.11 bits per heavy atom. The van der Waals surface area contributed by atoms with Crippen LogP contribution in [0.2, 0.25) is 0 Å². The lowest BCUT2D eigenvalue weighted by Crippen LogP contribution is -2.55. The number of carbonyl (C=O) groups is 3. The van der Waals surface area contributed by atoms with Crippen molar-refractivity contribution in [1.29, 1.82) is 0 Å². The number of unbranched alkanes of at least 4 members (excludes halogenated alkanes) is 3.